The van der Waals surface area contributed by atoms with E-state index in [0.717, 1.165) is 0 Å². The van der Waals surface area contributed by atoms with E-state index in [2.05, 4.69) is 180 Å². The van der Waals surface area contributed by atoms with E-state index in [4.69, 9.17) is 0 Å². The Morgan fingerprint density at radius 2 is 0.875 bits per heavy atom. The van der Waals surface area contributed by atoms with Crippen molar-refractivity contribution in [1.29, 1.82) is 0 Å². The highest BCUT2D eigenvalue weighted by Gasteiger charge is 2.51. The third-order valence-electron chi connectivity index (χ3n) is 11.0. The maximum Gasteiger partial charge on any atom is 0.0725 e. The fourth-order valence-corrected chi connectivity index (χ4v) is 9.02. The highest BCUT2D eigenvalue weighted by atomic mass is 15.0. The second kappa shape index (κ2) is 9.44. The van der Waals surface area contributed by atoms with Gasteiger partial charge in [-0.15, -0.1) is 0 Å². The molecule has 2 aliphatic rings. The van der Waals surface area contributed by atoms with Crippen LogP contribution in [0, 0.1) is 0 Å². The number of hydrogen-bond acceptors (Lipinski definition) is 0. The van der Waals surface area contributed by atoms with Crippen molar-refractivity contribution in [2.45, 2.75) is 5.41 Å². The van der Waals surface area contributed by atoms with Gasteiger partial charge in [0.15, 0.2) is 0 Å². The zero-order valence-corrected chi connectivity index (χ0v) is 26.2. The molecule has 222 valence electrons. The van der Waals surface area contributed by atoms with E-state index in [-0.39, 0.29) is 5.41 Å². The molecule has 11 rings (SSSR count). The van der Waals surface area contributed by atoms with Gasteiger partial charge >= 0.3 is 0 Å². The highest BCUT2D eigenvalue weighted by molar-refractivity contribution is 6.10. The maximum atomic E-state index is 2.44. The fourth-order valence-electron chi connectivity index (χ4n) is 9.02. The molecular formula is C47H29N. The first-order valence-electron chi connectivity index (χ1n) is 16.8. The quantitative estimate of drug-likeness (QED) is 0.184. The standard InChI is InChI=1S/C47H29N/c1-2-12-31-27-34(24-21-30(31)11-1)48-45-20-10-6-16-38(45)39-25-22-33(29-46(39)48)32-23-26-44-40(28-32)37-15-5-9-19-43(37)47(44)41-17-7-3-13-35(41)36-14-4-8-18-42(36)47/h1-29H. The van der Waals surface area contributed by atoms with Gasteiger partial charge in [0.2, 0.25) is 0 Å². The van der Waals surface area contributed by atoms with Gasteiger partial charge in [0.1, 0.15) is 0 Å². The Labute approximate surface area is 279 Å². The molecule has 0 fully saturated rings. The third-order valence-corrected chi connectivity index (χ3v) is 11.0. The van der Waals surface area contributed by atoms with Gasteiger partial charge in [0.05, 0.1) is 16.4 Å². The first kappa shape index (κ1) is 25.9. The molecule has 0 saturated heterocycles. The molecule has 1 nitrogen and oxygen atoms in total. The van der Waals surface area contributed by atoms with Crippen molar-refractivity contribution < 1.29 is 0 Å². The van der Waals surface area contributed by atoms with Crippen molar-refractivity contribution in [3.8, 4) is 39.1 Å². The number of aromatic nitrogens is 1. The van der Waals surface area contributed by atoms with Crippen molar-refractivity contribution in [2.75, 3.05) is 0 Å². The lowest BCUT2D eigenvalue weighted by Gasteiger charge is -2.30. The summed E-state index contributed by atoms with van der Waals surface area (Å²) in [6.07, 6.45) is 0. The number of para-hydroxylation sites is 1. The van der Waals surface area contributed by atoms with E-state index in [1.807, 2.05) is 0 Å². The lowest BCUT2D eigenvalue weighted by Crippen LogP contribution is -2.25. The average molecular weight is 608 g/mol. The van der Waals surface area contributed by atoms with Gasteiger partial charge < -0.3 is 4.57 Å². The fraction of sp³-hybridized carbons (Fsp3) is 0.0213. The summed E-state index contributed by atoms with van der Waals surface area (Å²) in [4.78, 5) is 0. The molecule has 1 heterocycles. The second-order valence-corrected chi connectivity index (χ2v) is 13.3. The maximum absolute atomic E-state index is 2.44. The van der Waals surface area contributed by atoms with E-state index < -0.39 is 0 Å². The van der Waals surface area contributed by atoms with Gasteiger partial charge in [-0.25, -0.2) is 0 Å². The van der Waals surface area contributed by atoms with E-state index in [1.165, 1.54) is 93.9 Å². The molecular weight excluding hydrogens is 579 g/mol. The van der Waals surface area contributed by atoms with E-state index in [9.17, 15) is 0 Å². The molecule has 0 radical (unpaired) electrons. The van der Waals surface area contributed by atoms with Crippen LogP contribution in [-0.4, -0.2) is 4.57 Å². The molecule has 0 N–H and O–H groups in total. The molecule has 0 atom stereocenters. The normalized spacial score (nSPS) is 13.6. The van der Waals surface area contributed by atoms with Crippen LogP contribution in [0.1, 0.15) is 22.3 Å². The lowest BCUT2D eigenvalue weighted by molar-refractivity contribution is 0.794. The summed E-state index contributed by atoms with van der Waals surface area (Å²) in [5.74, 6) is 0. The molecule has 1 spiro atoms. The minimum Gasteiger partial charge on any atom is -0.309 e. The van der Waals surface area contributed by atoms with Crippen molar-refractivity contribution >= 4 is 32.6 Å². The zero-order valence-electron chi connectivity index (χ0n) is 26.2. The minimum absolute atomic E-state index is 0.315. The molecule has 0 saturated carbocycles. The van der Waals surface area contributed by atoms with Crippen LogP contribution in [0.15, 0.2) is 176 Å². The molecule has 1 aromatic heterocycles. The SMILES string of the molecule is c1ccc2c(c1)-c1ccccc1C21c2ccccc2-c2cc(-c3ccc4c5ccccc5n(-c5ccc6ccccc6c5)c4c3)ccc21. The van der Waals surface area contributed by atoms with Crippen molar-refractivity contribution in [3.05, 3.63) is 198 Å². The predicted octanol–water partition coefficient (Wildman–Crippen LogP) is 11.9. The van der Waals surface area contributed by atoms with Crippen LogP contribution < -0.4 is 0 Å². The Kier molecular flexibility index (Phi) is 5.10. The van der Waals surface area contributed by atoms with Crippen LogP contribution in [0.2, 0.25) is 0 Å². The Hall–Kier alpha value is -6.18. The first-order valence-corrected chi connectivity index (χ1v) is 16.8. The van der Waals surface area contributed by atoms with Gasteiger partial charge in [-0.2, -0.15) is 0 Å². The summed E-state index contributed by atoms with van der Waals surface area (Å²) in [6, 6.07) is 65.5. The monoisotopic (exact) mass is 607 g/mol. The van der Waals surface area contributed by atoms with Crippen molar-refractivity contribution in [3.63, 3.8) is 0 Å². The Morgan fingerprint density at radius 1 is 0.333 bits per heavy atom. The summed E-state index contributed by atoms with van der Waals surface area (Å²) in [6.45, 7) is 0. The summed E-state index contributed by atoms with van der Waals surface area (Å²) in [7, 11) is 0. The largest absolute Gasteiger partial charge is 0.309 e. The van der Waals surface area contributed by atoms with Gasteiger partial charge in [0.25, 0.3) is 0 Å². The van der Waals surface area contributed by atoms with Crippen LogP contribution in [0.5, 0.6) is 0 Å². The van der Waals surface area contributed by atoms with E-state index in [0.29, 0.717) is 0 Å². The summed E-state index contributed by atoms with van der Waals surface area (Å²) in [5.41, 5.74) is 16.6. The van der Waals surface area contributed by atoms with Gasteiger partial charge in [-0.05, 0) is 96.7 Å². The lowest BCUT2D eigenvalue weighted by atomic mass is 9.70. The van der Waals surface area contributed by atoms with Crippen molar-refractivity contribution in [2.24, 2.45) is 0 Å². The van der Waals surface area contributed by atoms with Gasteiger partial charge in [-0.1, -0.05) is 146 Å². The van der Waals surface area contributed by atoms with Gasteiger partial charge in [-0.3, -0.25) is 0 Å². The molecule has 48 heavy (non-hydrogen) atoms. The second-order valence-electron chi connectivity index (χ2n) is 13.3. The zero-order chi connectivity index (χ0) is 31.4. The molecule has 0 unspecified atom stereocenters. The Balaban J connectivity index is 1.15. The molecule has 0 bridgehead atoms. The molecule has 2 aliphatic carbocycles. The summed E-state index contributed by atoms with van der Waals surface area (Å²) >= 11 is 0. The Bertz CT molecular complexity index is 2750. The van der Waals surface area contributed by atoms with E-state index >= 15 is 0 Å². The van der Waals surface area contributed by atoms with Crippen LogP contribution in [0.3, 0.4) is 0 Å². The number of nitrogens with zero attached hydrogens (tertiary/aromatic N) is 1. The number of rotatable bonds is 2. The number of hydrogen-bond donors (Lipinski definition) is 0. The van der Waals surface area contributed by atoms with Crippen molar-refractivity contribution in [1.82, 2.24) is 4.57 Å². The molecule has 0 amide bonds. The number of benzene rings is 8. The molecule has 8 aromatic carbocycles. The molecule has 1 heteroatoms. The van der Waals surface area contributed by atoms with Crippen LogP contribution in [0.25, 0.3) is 71.6 Å². The summed E-state index contributed by atoms with van der Waals surface area (Å²) < 4.78 is 2.44. The van der Waals surface area contributed by atoms with Crippen LogP contribution in [0.4, 0.5) is 0 Å². The van der Waals surface area contributed by atoms with E-state index in [1.54, 1.807) is 0 Å². The minimum atomic E-state index is -0.315. The smallest absolute Gasteiger partial charge is 0.0725 e. The Morgan fingerprint density at radius 3 is 1.62 bits per heavy atom. The third kappa shape index (κ3) is 3.25. The topological polar surface area (TPSA) is 4.93 Å². The van der Waals surface area contributed by atoms with Crippen LogP contribution >= 0.6 is 0 Å². The summed E-state index contributed by atoms with van der Waals surface area (Å²) in [5, 5.41) is 5.05. The molecule has 0 aliphatic heterocycles. The highest BCUT2D eigenvalue weighted by Crippen LogP contribution is 2.62. The van der Waals surface area contributed by atoms with Crippen LogP contribution in [-0.2, 0) is 5.41 Å². The first-order chi connectivity index (χ1) is 23.8. The average Bonchev–Trinajstić information content (AvgIpc) is 3.76. The number of fused-ring (bicyclic) bond motifs is 14. The van der Waals surface area contributed by atoms with Gasteiger partial charge in [0, 0.05) is 16.5 Å². The predicted molar refractivity (Wildman–Crippen MR) is 200 cm³/mol. The molecule has 9 aromatic rings.